The fourth-order valence-corrected chi connectivity index (χ4v) is 4.62. The van der Waals surface area contributed by atoms with Gasteiger partial charge in [0.1, 0.15) is 11.6 Å². The van der Waals surface area contributed by atoms with Gasteiger partial charge in [0, 0.05) is 19.0 Å². The highest BCUT2D eigenvalue weighted by Crippen LogP contribution is 2.31. The molecule has 0 aliphatic carbocycles. The van der Waals surface area contributed by atoms with Crippen molar-refractivity contribution >= 4 is 33.1 Å². The van der Waals surface area contributed by atoms with Gasteiger partial charge in [0.05, 0.1) is 20.9 Å². The number of hydrogen-bond acceptors (Lipinski definition) is 3. The third-order valence-corrected chi connectivity index (χ3v) is 5.97. The molecule has 0 saturated carbocycles. The average Bonchev–Trinajstić information content (AvgIpc) is 3.07. The number of aromatic nitrogens is 1. The fourth-order valence-electron chi connectivity index (χ4n) is 3.62. The van der Waals surface area contributed by atoms with Crippen LogP contribution in [0.1, 0.15) is 36.3 Å². The Labute approximate surface area is 160 Å². The molecule has 1 aliphatic heterocycles. The van der Waals surface area contributed by atoms with Crippen LogP contribution in [0.15, 0.2) is 36.4 Å². The van der Waals surface area contributed by atoms with E-state index >= 15 is 0 Å². The maximum atomic E-state index is 14.2. The molecule has 0 fully saturated rings. The van der Waals surface area contributed by atoms with Crippen LogP contribution in [0, 0.1) is 11.6 Å². The highest BCUT2D eigenvalue weighted by molar-refractivity contribution is 7.18. The monoisotopic (exact) mass is 386 g/mol. The molecular weight excluding hydrogens is 366 g/mol. The standard InChI is InChI=1S/C21H20F2N2OS/c22-15-12-14-6-5-11-25(21(14)16(23)13-15)20(26)10-4-3-9-19-24-17-7-1-2-8-18(17)27-19/h1-2,7-8,12-13H,3-6,9-11H2. The first-order valence-corrected chi connectivity index (χ1v) is 10.1. The van der Waals surface area contributed by atoms with Crippen molar-refractivity contribution in [2.45, 2.75) is 38.5 Å². The zero-order valence-electron chi connectivity index (χ0n) is 14.9. The summed E-state index contributed by atoms with van der Waals surface area (Å²) >= 11 is 1.69. The lowest BCUT2D eigenvalue weighted by atomic mass is 10.0. The van der Waals surface area contributed by atoms with Crippen LogP contribution in [0.25, 0.3) is 10.2 Å². The van der Waals surface area contributed by atoms with Gasteiger partial charge in [-0.1, -0.05) is 12.1 Å². The Bertz CT molecular complexity index is 952. The van der Waals surface area contributed by atoms with Crippen molar-refractivity contribution < 1.29 is 13.6 Å². The number of thiazole rings is 1. The Morgan fingerprint density at radius 1 is 1.19 bits per heavy atom. The number of aryl methyl sites for hydroxylation is 2. The number of hydrogen-bond donors (Lipinski definition) is 0. The molecule has 4 rings (SSSR count). The molecule has 2 heterocycles. The topological polar surface area (TPSA) is 33.2 Å². The van der Waals surface area contributed by atoms with Gasteiger partial charge in [-0.15, -0.1) is 11.3 Å². The zero-order valence-corrected chi connectivity index (χ0v) is 15.7. The van der Waals surface area contributed by atoms with Gasteiger partial charge in [0.2, 0.25) is 5.91 Å². The van der Waals surface area contributed by atoms with Crippen molar-refractivity contribution in [3.63, 3.8) is 0 Å². The predicted molar refractivity (Wildman–Crippen MR) is 104 cm³/mol. The minimum Gasteiger partial charge on any atom is -0.309 e. The summed E-state index contributed by atoms with van der Waals surface area (Å²) in [6, 6.07) is 10.2. The Balaban J connectivity index is 1.35. The van der Waals surface area contributed by atoms with Crippen LogP contribution in [-0.2, 0) is 17.6 Å². The second-order valence-electron chi connectivity index (χ2n) is 6.83. The van der Waals surface area contributed by atoms with Gasteiger partial charge in [-0.3, -0.25) is 4.79 Å². The summed E-state index contributed by atoms with van der Waals surface area (Å²) in [7, 11) is 0. The van der Waals surface area contributed by atoms with Gasteiger partial charge >= 0.3 is 0 Å². The van der Waals surface area contributed by atoms with E-state index in [2.05, 4.69) is 11.1 Å². The Morgan fingerprint density at radius 2 is 2.04 bits per heavy atom. The maximum Gasteiger partial charge on any atom is 0.227 e. The molecule has 1 aliphatic rings. The third-order valence-electron chi connectivity index (χ3n) is 4.88. The van der Waals surface area contributed by atoms with E-state index in [0.29, 0.717) is 24.9 Å². The molecule has 0 radical (unpaired) electrons. The molecule has 0 N–H and O–H groups in total. The van der Waals surface area contributed by atoms with Crippen molar-refractivity contribution in [2.24, 2.45) is 0 Å². The van der Waals surface area contributed by atoms with E-state index < -0.39 is 11.6 Å². The van der Waals surface area contributed by atoms with Gasteiger partial charge in [-0.25, -0.2) is 13.8 Å². The number of fused-ring (bicyclic) bond motifs is 2. The second kappa shape index (κ2) is 7.72. The van der Waals surface area contributed by atoms with E-state index in [4.69, 9.17) is 0 Å². The first-order valence-electron chi connectivity index (χ1n) is 9.24. The summed E-state index contributed by atoms with van der Waals surface area (Å²) < 4.78 is 28.8. The number of unbranched alkanes of at least 4 members (excludes halogenated alkanes) is 1. The van der Waals surface area contributed by atoms with Crippen molar-refractivity contribution in [3.8, 4) is 0 Å². The number of rotatable bonds is 5. The summed E-state index contributed by atoms with van der Waals surface area (Å²) in [4.78, 5) is 18.7. The number of para-hydroxylation sites is 1. The summed E-state index contributed by atoms with van der Waals surface area (Å²) in [5, 5.41) is 1.08. The first-order chi connectivity index (χ1) is 13.1. The molecule has 3 aromatic rings. The molecule has 0 unspecified atom stereocenters. The lowest BCUT2D eigenvalue weighted by Gasteiger charge is -2.30. The van der Waals surface area contributed by atoms with Gasteiger partial charge in [-0.2, -0.15) is 0 Å². The van der Waals surface area contributed by atoms with E-state index in [1.54, 1.807) is 11.3 Å². The number of carbonyl (C=O) groups excluding carboxylic acids is 1. The fraction of sp³-hybridized carbons (Fsp3) is 0.333. The summed E-state index contributed by atoms with van der Waals surface area (Å²) in [5.41, 5.74) is 1.86. The predicted octanol–water partition coefficient (Wildman–Crippen LogP) is 5.27. The lowest BCUT2D eigenvalue weighted by molar-refractivity contribution is -0.118. The molecule has 1 aromatic heterocycles. The molecule has 3 nitrogen and oxygen atoms in total. The number of benzene rings is 2. The molecular formula is C21H20F2N2OS. The van der Waals surface area contributed by atoms with Crippen molar-refractivity contribution in [1.82, 2.24) is 4.98 Å². The van der Waals surface area contributed by atoms with E-state index in [1.807, 2.05) is 18.2 Å². The molecule has 0 saturated heterocycles. The number of carbonyl (C=O) groups is 1. The van der Waals surface area contributed by atoms with Crippen LogP contribution in [0.5, 0.6) is 0 Å². The Hall–Kier alpha value is -2.34. The minimum atomic E-state index is -0.646. The largest absolute Gasteiger partial charge is 0.309 e. The quantitative estimate of drug-likeness (QED) is 0.560. The zero-order chi connectivity index (χ0) is 18.8. The van der Waals surface area contributed by atoms with Gasteiger partial charge < -0.3 is 4.90 Å². The maximum absolute atomic E-state index is 14.2. The smallest absolute Gasteiger partial charge is 0.227 e. The average molecular weight is 386 g/mol. The van der Waals surface area contributed by atoms with Gasteiger partial charge in [0.25, 0.3) is 0 Å². The van der Waals surface area contributed by atoms with Gasteiger partial charge in [0.15, 0.2) is 0 Å². The van der Waals surface area contributed by atoms with E-state index in [-0.39, 0.29) is 11.6 Å². The molecule has 2 aromatic carbocycles. The van der Waals surface area contributed by atoms with Crippen LogP contribution >= 0.6 is 11.3 Å². The molecule has 140 valence electrons. The molecule has 0 bridgehead atoms. The Morgan fingerprint density at radius 3 is 2.89 bits per heavy atom. The van der Waals surface area contributed by atoms with E-state index in [1.165, 1.54) is 15.7 Å². The van der Waals surface area contributed by atoms with Gasteiger partial charge in [-0.05, 0) is 55.9 Å². The molecule has 0 atom stereocenters. The van der Waals surface area contributed by atoms with Crippen LogP contribution in [0.3, 0.4) is 0 Å². The SMILES string of the molecule is O=C(CCCCc1nc2ccccc2s1)N1CCCc2cc(F)cc(F)c21. The van der Waals surface area contributed by atoms with Crippen molar-refractivity contribution in [3.05, 3.63) is 58.6 Å². The van der Waals surface area contributed by atoms with Crippen LogP contribution < -0.4 is 4.90 Å². The highest BCUT2D eigenvalue weighted by Gasteiger charge is 2.26. The molecule has 27 heavy (non-hydrogen) atoms. The second-order valence-corrected chi connectivity index (χ2v) is 7.94. The number of anilines is 1. The van der Waals surface area contributed by atoms with E-state index in [9.17, 15) is 13.6 Å². The molecule has 0 spiro atoms. The molecule has 1 amide bonds. The normalized spacial score (nSPS) is 13.8. The van der Waals surface area contributed by atoms with Crippen molar-refractivity contribution in [1.29, 1.82) is 0 Å². The lowest BCUT2D eigenvalue weighted by Crippen LogP contribution is -2.36. The van der Waals surface area contributed by atoms with Crippen molar-refractivity contribution in [2.75, 3.05) is 11.4 Å². The number of halogens is 2. The molecule has 6 heteroatoms. The summed E-state index contributed by atoms with van der Waals surface area (Å²) in [6.45, 7) is 0.492. The third kappa shape index (κ3) is 3.86. The summed E-state index contributed by atoms with van der Waals surface area (Å²) in [6.07, 6.45) is 4.12. The van der Waals surface area contributed by atoms with Crippen LogP contribution in [0.4, 0.5) is 14.5 Å². The number of nitrogens with zero attached hydrogens (tertiary/aromatic N) is 2. The van der Waals surface area contributed by atoms with Crippen LogP contribution in [-0.4, -0.2) is 17.4 Å². The summed E-state index contributed by atoms with van der Waals surface area (Å²) in [5.74, 6) is -1.32. The number of amides is 1. The van der Waals surface area contributed by atoms with E-state index in [0.717, 1.165) is 42.3 Å². The first kappa shape index (κ1) is 18.0. The minimum absolute atomic E-state index is 0.0919. The van der Waals surface area contributed by atoms with Crippen LogP contribution in [0.2, 0.25) is 0 Å². The highest BCUT2D eigenvalue weighted by atomic mass is 32.1. The Kier molecular flexibility index (Phi) is 5.16.